The van der Waals surface area contributed by atoms with Crippen molar-refractivity contribution in [2.75, 3.05) is 13.1 Å². The van der Waals surface area contributed by atoms with Crippen molar-refractivity contribution < 1.29 is 4.39 Å². The molecule has 4 aromatic heterocycles. The van der Waals surface area contributed by atoms with Gasteiger partial charge in [0.15, 0.2) is 11.5 Å². The van der Waals surface area contributed by atoms with E-state index in [0.717, 1.165) is 75.6 Å². The number of hydrogen-bond acceptors (Lipinski definition) is 6. The number of hydrogen-bond donors (Lipinski definition) is 0. The van der Waals surface area contributed by atoms with Gasteiger partial charge in [0.1, 0.15) is 21.7 Å². The fraction of sp³-hybridized carbons (Fsp3) is 0.333. The highest BCUT2D eigenvalue weighted by Gasteiger charge is 2.26. The first-order valence-electron chi connectivity index (χ1n) is 10.9. The van der Waals surface area contributed by atoms with Crippen molar-refractivity contribution in [2.24, 2.45) is 0 Å². The highest BCUT2D eigenvalue weighted by molar-refractivity contribution is 7.26. The molecule has 1 aliphatic rings. The van der Waals surface area contributed by atoms with Crippen LogP contribution in [-0.2, 0) is 6.54 Å². The molecule has 0 radical (unpaired) electrons. The second kappa shape index (κ2) is 7.56. The molecule has 32 heavy (non-hydrogen) atoms. The van der Waals surface area contributed by atoms with Gasteiger partial charge in [-0.2, -0.15) is 0 Å². The predicted octanol–water partition coefficient (Wildman–Crippen LogP) is 5.02. The molecule has 0 saturated carbocycles. The van der Waals surface area contributed by atoms with Crippen LogP contribution in [0, 0.1) is 19.7 Å². The molecule has 1 fully saturated rings. The second-order valence-corrected chi connectivity index (χ2v) is 9.72. The van der Waals surface area contributed by atoms with Crippen LogP contribution in [0.15, 0.2) is 36.7 Å². The van der Waals surface area contributed by atoms with Crippen LogP contribution < -0.4 is 0 Å². The highest BCUT2D eigenvalue weighted by atomic mass is 32.1. The van der Waals surface area contributed by atoms with E-state index in [4.69, 9.17) is 20.1 Å². The molecule has 0 spiro atoms. The Morgan fingerprint density at radius 1 is 1.16 bits per heavy atom. The Morgan fingerprint density at radius 2 is 2.00 bits per heavy atom. The van der Waals surface area contributed by atoms with E-state index in [9.17, 15) is 4.39 Å². The van der Waals surface area contributed by atoms with E-state index in [0.29, 0.717) is 0 Å². The van der Waals surface area contributed by atoms with Crippen molar-refractivity contribution >= 4 is 37.4 Å². The number of rotatable bonds is 3. The normalized spacial score (nSPS) is 17.7. The maximum atomic E-state index is 13.2. The van der Waals surface area contributed by atoms with Crippen molar-refractivity contribution in [2.45, 2.75) is 39.2 Å². The molecule has 1 saturated heterocycles. The molecule has 0 N–H and O–H groups in total. The summed E-state index contributed by atoms with van der Waals surface area (Å²) in [7, 11) is 0. The van der Waals surface area contributed by atoms with E-state index < -0.39 is 0 Å². The quantitative estimate of drug-likeness (QED) is 0.389. The first kappa shape index (κ1) is 19.7. The summed E-state index contributed by atoms with van der Waals surface area (Å²) < 4.78 is 16.1. The van der Waals surface area contributed by atoms with Crippen LogP contribution in [0.3, 0.4) is 0 Å². The molecule has 0 amide bonds. The van der Waals surface area contributed by atoms with Crippen LogP contribution in [0.1, 0.15) is 41.4 Å². The lowest BCUT2D eigenvalue weighted by molar-refractivity contribution is 0.196. The average Bonchev–Trinajstić information content (AvgIpc) is 3.37. The minimum atomic E-state index is -0.194. The molecule has 5 aromatic rings. The number of piperidine rings is 1. The third-order valence-corrected chi connectivity index (χ3v) is 7.37. The number of nitrogens with zero attached hydrogens (tertiary/aromatic N) is 6. The number of aryl methyl sites for hydroxylation is 2. The van der Waals surface area contributed by atoms with Gasteiger partial charge in [0.05, 0.1) is 5.52 Å². The summed E-state index contributed by atoms with van der Waals surface area (Å²) in [6.07, 6.45) is 3.94. The SMILES string of the molecule is Cc1cc(C)c2c(n1)sc1c2ncn2nc(C3CCCN(Cc4ccc(F)cc4)C3)nc12. The summed E-state index contributed by atoms with van der Waals surface area (Å²) >= 11 is 1.64. The second-order valence-electron chi connectivity index (χ2n) is 8.72. The van der Waals surface area contributed by atoms with Gasteiger partial charge in [-0.15, -0.1) is 16.4 Å². The average molecular weight is 447 g/mol. The molecule has 5 heterocycles. The largest absolute Gasteiger partial charge is 0.298 e. The van der Waals surface area contributed by atoms with Gasteiger partial charge in [-0.1, -0.05) is 12.1 Å². The summed E-state index contributed by atoms with van der Waals surface area (Å²) in [5.74, 6) is 0.956. The van der Waals surface area contributed by atoms with E-state index in [1.807, 2.05) is 23.6 Å². The summed E-state index contributed by atoms with van der Waals surface area (Å²) in [6.45, 7) is 6.89. The van der Waals surface area contributed by atoms with Gasteiger partial charge in [-0.25, -0.2) is 23.9 Å². The van der Waals surface area contributed by atoms with Gasteiger partial charge in [0, 0.05) is 30.1 Å². The molecule has 1 aliphatic heterocycles. The van der Waals surface area contributed by atoms with Crippen LogP contribution in [0.4, 0.5) is 4.39 Å². The van der Waals surface area contributed by atoms with Crippen molar-refractivity contribution in [3.05, 3.63) is 65.1 Å². The van der Waals surface area contributed by atoms with E-state index >= 15 is 0 Å². The Bertz CT molecular complexity index is 1450. The first-order valence-corrected chi connectivity index (χ1v) is 11.8. The molecule has 0 bridgehead atoms. The van der Waals surface area contributed by atoms with Gasteiger partial charge >= 0.3 is 0 Å². The predicted molar refractivity (Wildman–Crippen MR) is 125 cm³/mol. The zero-order chi connectivity index (χ0) is 21.8. The Balaban J connectivity index is 1.34. The monoisotopic (exact) mass is 446 g/mol. The fourth-order valence-electron chi connectivity index (χ4n) is 4.82. The number of fused-ring (bicyclic) bond motifs is 5. The number of halogens is 1. The van der Waals surface area contributed by atoms with Crippen molar-refractivity contribution in [3.8, 4) is 0 Å². The number of benzene rings is 1. The van der Waals surface area contributed by atoms with E-state index in [1.165, 1.54) is 17.7 Å². The van der Waals surface area contributed by atoms with Crippen molar-refractivity contribution in [1.29, 1.82) is 0 Å². The number of thiophene rings is 1. The standard InChI is InChI=1S/C24H23FN6S/c1-14-10-15(2)27-24-19(14)20-21(32-24)23-28-22(29-31(23)13-26-20)17-4-3-9-30(12-17)11-16-5-7-18(25)8-6-16/h5-8,10,13,17H,3-4,9,11-12H2,1-2H3. The lowest BCUT2D eigenvalue weighted by Gasteiger charge is -2.31. The summed E-state index contributed by atoms with van der Waals surface area (Å²) in [6, 6.07) is 8.89. The van der Waals surface area contributed by atoms with Crippen molar-refractivity contribution in [1.82, 2.24) is 29.5 Å². The maximum Gasteiger partial charge on any atom is 0.176 e. The molecule has 1 aromatic carbocycles. The van der Waals surface area contributed by atoms with Gasteiger partial charge in [-0.05, 0) is 62.6 Å². The van der Waals surface area contributed by atoms with Crippen LogP contribution in [0.2, 0.25) is 0 Å². The molecule has 1 atom stereocenters. The molecule has 8 heteroatoms. The van der Waals surface area contributed by atoms with E-state index in [1.54, 1.807) is 17.7 Å². The van der Waals surface area contributed by atoms with E-state index in [2.05, 4.69) is 17.9 Å². The fourth-order valence-corrected chi connectivity index (χ4v) is 6.04. The molecular formula is C24H23FN6S. The van der Waals surface area contributed by atoms with Gasteiger partial charge < -0.3 is 0 Å². The molecular weight excluding hydrogens is 423 g/mol. The maximum absolute atomic E-state index is 13.2. The van der Waals surface area contributed by atoms with Crippen LogP contribution >= 0.6 is 11.3 Å². The lowest BCUT2D eigenvalue weighted by atomic mass is 9.97. The van der Waals surface area contributed by atoms with E-state index in [-0.39, 0.29) is 11.7 Å². The van der Waals surface area contributed by atoms with Gasteiger partial charge in [-0.3, -0.25) is 4.90 Å². The zero-order valence-electron chi connectivity index (χ0n) is 18.0. The number of aromatic nitrogens is 5. The number of pyridine rings is 1. The van der Waals surface area contributed by atoms with Gasteiger partial charge in [0.2, 0.25) is 0 Å². The summed E-state index contributed by atoms with van der Waals surface area (Å²) in [4.78, 5) is 17.8. The summed E-state index contributed by atoms with van der Waals surface area (Å²) in [5, 5.41) is 5.92. The molecule has 6 rings (SSSR count). The van der Waals surface area contributed by atoms with Crippen LogP contribution in [0.25, 0.3) is 26.1 Å². The Labute approximate surface area is 188 Å². The molecule has 0 aliphatic carbocycles. The minimum Gasteiger partial charge on any atom is -0.298 e. The molecule has 6 nitrogen and oxygen atoms in total. The Kier molecular flexibility index (Phi) is 4.66. The molecule has 162 valence electrons. The topological polar surface area (TPSA) is 59.2 Å². The first-order chi connectivity index (χ1) is 15.5. The summed E-state index contributed by atoms with van der Waals surface area (Å²) in [5.41, 5.74) is 5.16. The van der Waals surface area contributed by atoms with Gasteiger partial charge in [0.25, 0.3) is 0 Å². The zero-order valence-corrected chi connectivity index (χ0v) is 18.9. The van der Waals surface area contributed by atoms with Crippen LogP contribution in [0.5, 0.6) is 0 Å². The smallest absolute Gasteiger partial charge is 0.176 e. The third-order valence-electron chi connectivity index (χ3n) is 6.30. The van der Waals surface area contributed by atoms with Crippen molar-refractivity contribution in [3.63, 3.8) is 0 Å². The highest BCUT2D eigenvalue weighted by Crippen LogP contribution is 2.36. The third kappa shape index (κ3) is 3.34. The van der Waals surface area contributed by atoms with Crippen LogP contribution in [-0.4, -0.2) is 42.6 Å². The lowest BCUT2D eigenvalue weighted by Crippen LogP contribution is -2.34. The molecule has 1 unspecified atom stereocenters. The Hall–Kier alpha value is -2.97. The Morgan fingerprint density at radius 3 is 2.84 bits per heavy atom. The minimum absolute atomic E-state index is 0.194. The number of likely N-dealkylation sites (tertiary alicyclic amines) is 1.